The predicted octanol–water partition coefficient (Wildman–Crippen LogP) is 3.30. The molecule has 2 aromatic rings. The van der Waals surface area contributed by atoms with Gasteiger partial charge in [0.1, 0.15) is 11.5 Å². The van der Waals surface area contributed by atoms with Gasteiger partial charge in [0.15, 0.2) is 0 Å². The van der Waals surface area contributed by atoms with Crippen molar-refractivity contribution in [3.8, 4) is 5.75 Å². The zero-order valence-corrected chi connectivity index (χ0v) is 11.1. The SMILES string of the molecule is CCOc1ccc(C(NC)c2occc2C)cc1. The van der Waals surface area contributed by atoms with Crippen LogP contribution in [-0.4, -0.2) is 13.7 Å². The molecule has 0 saturated heterocycles. The van der Waals surface area contributed by atoms with E-state index in [9.17, 15) is 0 Å². The van der Waals surface area contributed by atoms with Crippen LogP contribution in [0.3, 0.4) is 0 Å². The van der Waals surface area contributed by atoms with Crippen LogP contribution >= 0.6 is 0 Å². The van der Waals surface area contributed by atoms with E-state index in [0.29, 0.717) is 6.61 Å². The van der Waals surface area contributed by atoms with Crippen LogP contribution in [0.4, 0.5) is 0 Å². The Labute approximate surface area is 108 Å². The summed E-state index contributed by atoms with van der Waals surface area (Å²) < 4.78 is 11.0. The first-order valence-electron chi connectivity index (χ1n) is 6.20. The van der Waals surface area contributed by atoms with Gasteiger partial charge in [-0.3, -0.25) is 0 Å². The van der Waals surface area contributed by atoms with Crippen molar-refractivity contribution in [1.82, 2.24) is 5.32 Å². The summed E-state index contributed by atoms with van der Waals surface area (Å²) in [6.07, 6.45) is 1.73. The van der Waals surface area contributed by atoms with Crippen LogP contribution in [0, 0.1) is 6.92 Å². The minimum Gasteiger partial charge on any atom is -0.494 e. The van der Waals surface area contributed by atoms with Gasteiger partial charge >= 0.3 is 0 Å². The Morgan fingerprint density at radius 2 is 1.94 bits per heavy atom. The maximum absolute atomic E-state index is 5.56. The summed E-state index contributed by atoms with van der Waals surface area (Å²) in [5, 5.41) is 3.28. The molecule has 0 radical (unpaired) electrons. The van der Waals surface area contributed by atoms with Crippen molar-refractivity contribution in [1.29, 1.82) is 0 Å². The van der Waals surface area contributed by atoms with E-state index in [-0.39, 0.29) is 6.04 Å². The maximum atomic E-state index is 5.56. The first kappa shape index (κ1) is 12.7. The Morgan fingerprint density at radius 1 is 1.22 bits per heavy atom. The number of hydrogen-bond donors (Lipinski definition) is 1. The normalized spacial score (nSPS) is 12.4. The van der Waals surface area contributed by atoms with Gasteiger partial charge in [0.25, 0.3) is 0 Å². The van der Waals surface area contributed by atoms with E-state index in [4.69, 9.17) is 9.15 Å². The smallest absolute Gasteiger partial charge is 0.128 e. The van der Waals surface area contributed by atoms with Gasteiger partial charge in [-0.15, -0.1) is 0 Å². The molecule has 0 saturated carbocycles. The second-order valence-corrected chi connectivity index (χ2v) is 4.19. The summed E-state index contributed by atoms with van der Waals surface area (Å²) in [6.45, 7) is 4.72. The van der Waals surface area contributed by atoms with Crippen molar-refractivity contribution in [2.24, 2.45) is 0 Å². The fraction of sp³-hybridized carbons (Fsp3) is 0.333. The molecule has 0 fully saturated rings. The molecule has 3 nitrogen and oxygen atoms in total. The molecule has 18 heavy (non-hydrogen) atoms. The molecule has 1 heterocycles. The summed E-state index contributed by atoms with van der Waals surface area (Å²) in [5.74, 6) is 1.86. The summed E-state index contributed by atoms with van der Waals surface area (Å²) in [5.41, 5.74) is 2.32. The molecule has 3 heteroatoms. The third-order valence-corrected chi connectivity index (χ3v) is 2.98. The van der Waals surface area contributed by atoms with E-state index in [1.54, 1.807) is 6.26 Å². The molecule has 0 aliphatic heterocycles. The Hall–Kier alpha value is -1.74. The number of aryl methyl sites for hydroxylation is 1. The van der Waals surface area contributed by atoms with Gasteiger partial charge in [-0.2, -0.15) is 0 Å². The largest absolute Gasteiger partial charge is 0.494 e. The fourth-order valence-electron chi connectivity index (χ4n) is 2.05. The highest BCUT2D eigenvalue weighted by Crippen LogP contribution is 2.26. The molecule has 2 rings (SSSR count). The maximum Gasteiger partial charge on any atom is 0.128 e. The second-order valence-electron chi connectivity index (χ2n) is 4.19. The molecule has 0 amide bonds. The summed E-state index contributed by atoms with van der Waals surface area (Å²) in [7, 11) is 1.93. The van der Waals surface area contributed by atoms with Gasteiger partial charge in [0.05, 0.1) is 18.9 Å². The first-order valence-corrected chi connectivity index (χ1v) is 6.20. The number of ether oxygens (including phenoxy) is 1. The van der Waals surface area contributed by atoms with Crippen LogP contribution < -0.4 is 10.1 Å². The summed E-state index contributed by atoms with van der Waals surface area (Å²) in [4.78, 5) is 0. The number of nitrogens with one attached hydrogen (secondary N) is 1. The molecule has 1 aromatic carbocycles. The van der Waals surface area contributed by atoms with E-state index in [2.05, 4.69) is 24.4 Å². The van der Waals surface area contributed by atoms with Crippen LogP contribution in [0.2, 0.25) is 0 Å². The molecule has 0 spiro atoms. The third kappa shape index (κ3) is 2.57. The lowest BCUT2D eigenvalue weighted by Gasteiger charge is -2.15. The van der Waals surface area contributed by atoms with Crippen molar-refractivity contribution in [3.05, 3.63) is 53.5 Å². The summed E-state index contributed by atoms with van der Waals surface area (Å²) >= 11 is 0. The number of hydrogen-bond acceptors (Lipinski definition) is 3. The monoisotopic (exact) mass is 245 g/mol. The molecule has 1 N–H and O–H groups in total. The first-order chi connectivity index (χ1) is 8.76. The average Bonchev–Trinajstić information content (AvgIpc) is 2.79. The van der Waals surface area contributed by atoms with E-state index in [1.165, 1.54) is 5.56 Å². The lowest BCUT2D eigenvalue weighted by molar-refractivity contribution is 0.340. The van der Waals surface area contributed by atoms with Gasteiger partial charge in [-0.25, -0.2) is 0 Å². The molecule has 0 bridgehead atoms. The van der Waals surface area contributed by atoms with E-state index in [0.717, 1.165) is 17.1 Å². The zero-order chi connectivity index (χ0) is 13.0. The van der Waals surface area contributed by atoms with Crippen LogP contribution in [0.5, 0.6) is 5.75 Å². The average molecular weight is 245 g/mol. The highest BCUT2D eigenvalue weighted by Gasteiger charge is 2.17. The Kier molecular flexibility index (Phi) is 4.05. The summed E-state index contributed by atoms with van der Waals surface area (Å²) in [6, 6.07) is 10.2. The van der Waals surface area contributed by atoms with E-state index < -0.39 is 0 Å². The van der Waals surface area contributed by atoms with Gasteiger partial charge in [-0.1, -0.05) is 12.1 Å². The van der Waals surface area contributed by atoms with Crippen LogP contribution in [0.15, 0.2) is 41.0 Å². The second kappa shape index (κ2) is 5.74. The molecule has 0 aliphatic carbocycles. The third-order valence-electron chi connectivity index (χ3n) is 2.98. The van der Waals surface area contributed by atoms with Crippen molar-refractivity contribution in [2.45, 2.75) is 19.9 Å². The van der Waals surface area contributed by atoms with Crippen LogP contribution in [-0.2, 0) is 0 Å². The van der Waals surface area contributed by atoms with Crippen LogP contribution in [0.1, 0.15) is 29.9 Å². The highest BCUT2D eigenvalue weighted by molar-refractivity contribution is 5.34. The van der Waals surface area contributed by atoms with E-state index >= 15 is 0 Å². The molecule has 1 aromatic heterocycles. The zero-order valence-electron chi connectivity index (χ0n) is 11.1. The topological polar surface area (TPSA) is 34.4 Å². The van der Waals surface area contributed by atoms with Gasteiger partial charge in [0.2, 0.25) is 0 Å². The molecule has 1 unspecified atom stereocenters. The molecule has 1 atom stereocenters. The van der Waals surface area contributed by atoms with Crippen molar-refractivity contribution in [2.75, 3.05) is 13.7 Å². The minimum absolute atomic E-state index is 0.0793. The Bertz CT molecular complexity index is 487. The Balaban J connectivity index is 2.25. The van der Waals surface area contributed by atoms with Crippen molar-refractivity contribution >= 4 is 0 Å². The van der Waals surface area contributed by atoms with E-state index in [1.807, 2.05) is 32.2 Å². The molecule has 0 aliphatic rings. The molecular formula is C15H19NO2. The fourth-order valence-corrected chi connectivity index (χ4v) is 2.05. The van der Waals surface area contributed by atoms with Crippen molar-refractivity contribution < 1.29 is 9.15 Å². The lowest BCUT2D eigenvalue weighted by Crippen LogP contribution is -2.17. The number of rotatable bonds is 5. The van der Waals surface area contributed by atoms with Crippen LogP contribution in [0.25, 0.3) is 0 Å². The number of benzene rings is 1. The van der Waals surface area contributed by atoms with Gasteiger partial charge in [-0.05, 0) is 50.2 Å². The van der Waals surface area contributed by atoms with Gasteiger partial charge < -0.3 is 14.5 Å². The minimum atomic E-state index is 0.0793. The standard InChI is InChI=1S/C15H19NO2/c1-4-17-13-7-5-12(6-8-13)14(16-3)15-11(2)9-10-18-15/h5-10,14,16H,4H2,1-3H3. The Morgan fingerprint density at radius 3 is 2.44 bits per heavy atom. The predicted molar refractivity (Wildman–Crippen MR) is 72.0 cm³/mol. The molecule has 96 valence electrons. The quantitative estimate of drug-likeness (QED) is 0.877. The lowest BCUT2D eigenvalue weighted by atomic mass is 10.0. The molecular weight excluding hydrogens is 226 g/mol. The number of furan rings is 1. The van der Waals surface area contributed by atoms with Gasteiger partial charge in [0, 0.05) is 0 Å². The highest BCUT2D eigenvalue weighted by atomic mass is 16.5. The van der Waals surface area contributed by atoms with Crippen molar-refractivity contribution in [3.63, 3.8) is 0 Å².